The van der Waals surface area contributed by atoms with Gasteiger partial charge < -0.3 is 4.57 Å². The SMILES string of the molecule is N#CCS(=O)(=O)NCCn1ccnc1. The Morgan fingerprint density at radius 1 is 1.57 bits per heavy atom. The molecule has 1 aromatic heterocycles. The van der Waals surface area contributed by atoms with Gasteiger partial charge in [0, 0.05) is 25.5 Å². The van der Waals surface area contributed by atoms with Gasteiger partial charge in [0.1, 0.15) is 0 Å². The second-order valence-corrected chi connectivity index (χ2v) is 4.42. The van der Waals surface area contributed by atoms with Crippen LogP contribution in [0.2, 0.25) is 0 Å². The van der Waals surface area contributed by atoms with Gasteiger partial charge in [-0.05, 0) is 0 Å². The zero-order chi connectivity index (χ0) is 10.4. The van der Waals surface area contributed by atoms with Crippen molar-refractivity contribution in [2.45, 2.75) is 6.54 Å². The molecule has 1 aromatic rings. The number of nitriles is 1. The Hall–Kier alpha value is -1.39. The monoisotopic (exact) mass is 214 g/mol. The first kappa shape index (κ1) is 10.7. The third-order valence-corrected chi connectivity index (χ3v) is 2.66. The molecule has 0 unspecified atom stereocenters. The van der Waals surface area contributed by atoms with Crippen molar-refractivity contribution in [2.24, 2.45) is 0 Å². The van der Waals surface area contributed by atoms with Crippen LogP contribution in [0.4, 0.5) is 0 Å². The van der Waals surface area contributed by atoms with E-state index in [1.165, 1.54) is 0 Å². The summed E-state index contributed by atoms with van der Waals surface area (Å²) in [5.74, 6) is -0.503. The summed E-state index contributed by atoms with van der Waals surface area (Å²) in [6.07, 6.45) is 4.95. The number of hydrogen-bond donors (Lipinski definition) is 1. The summed E-state index contributed by atoms with van der Waals surface area (Å²) in [5.41, 5.74) is 0. The zero-order valence-electron chi connectivity index (χ0n) is 7.42. The van der Waals surface area contributed by atoms with Crippen molar-refractivity contribution in [2.75, 3.05) is 12.3 Å². The van der Waals surface area contributed by atoms with Gasteiger partial charge in [-0.1, -0.05) is 0 Å². The second-order valence-electron chi connectivity index (χ2n) is 2.61. The molecule has 0 aliphatic rings. The molecule has 0 aliphatic carbocycles. The fraction of sp³-hybridized carbons (Fsp3) is 0.429. The third kappa shape index (κ3) is 3.55. The van der Waals surface area contributed by atoms with Crippen LogP contribution in [0.3, 0.4) is 0 Å². The molecule has 1 N–H and O–H groups in total. The third-order valence-electron chi connectivity index (χ3n) is 1.51. The van der Waals surface area contributed by atoms with E-state index >= 15 is 0 Å². The minimum Gasteiger partial charge on any atom is -0.336 e. The van der Waals surface area contributed by atoms with Crippen LogP contribution in [0.1, 0.15) is 0 Å². The molecule has 14 heavy (non-hydrogen) atoms. The van der Waals surface area contributed by atoms with Crippen LogP contribution in [-0.2, 0) is 16.6 Å². The average Bonchev–Trinajstić information content (AvgIpc) is 2.56. The number of aromatic nitrogens is 2. The topological polar surface area (TPSA) is 87.8 Å². The van der Waals surface area contributed by atoms with Gasteiger partial charge in [0.25, 0.3) is 0 Å². The number of nitrogens with one attached hydrogen (secondary N) is 1. The number of hydrogen-bond acceptors (Lipinski definition) is 4. The van der Waals surface area contributed by atoms with Gasteiger partial charge in [-0.2, -0.15) is 5.26 Å². The Morgan fingerprint density at radius 3 is 2.93 bits per heavy atom. The molecule has 0 aromatic carbocycles. The molecular formula is C7H10N4O2S. The minimum atomic E-state index is -3.43. The number of nitrogens with zero attached hydrogens (tertiary/aromatic N) is 3. The fourth-order valence-corrected chi connectivity index (χ4v) is 1.56. The quantitative estimate of drug-likeness (QED) is 0.703. The van der Waals surface area contributed by atoms with Crippen LogP contribution in [0.15, 0.2) is 18.7 Å². The van der Waals surface area contributed by atoms with Gasteiger partial charge >= 0.3 is 0 Å². The predicted octanol–water partition coefficient (Wildman–Crippen LogP) is -0.674. The molecular weight excluding hydrogens is 204 g/mol. The molecule has 1 heterocycles. The van der Waals surface area contributed by atoms with Gasteiger partial charge in [0.15, 0.2) is 5.75 Å². The highest BCUT2D eigenvalue weighted by Crippen LogP contribution is 1.86. The molecule has 0 saturated heterocycles. The molecule has 0 bridgehead atoms. The van der Waals surface area contributed by atoms with Crippen molar-refractivity contribution in [1.82, 2.24) is 14.3 Å². The Bertz CT molecular complexity index is 403. The minimum absolute atomic E-state index is 0.264. The summed E-state index contributed by atoms with van der Waals surface area (Å²) in [6, 6.07) is 1.58. The van der Waals surface area contributed by atoms with Crippen LogP contribution in [0, 0.1) is 11.3 Å². The highest BCUT2D eigenvalue weighted by Gasteiger charge is 2.07. The Kier molecular flexibility index (Phi) is 3.62. The number of sulfonamides is 1. The average molecular weight is 214 g/mol. The van der Waals surface area contributed by atoms with Gasteiger partial charge in [-0.3, -0.25) is 0 Å². The van der Waals surface area contributed by atoms with Crippen LogP contribution < -0.4 is 4.72 Å². The van der Waals surface area contributed by atoms with Gasteiger partial charge in [0.05, 0.1) is 12.4 Å². The van der Waals surface area contributed by atoms with E-state index < -0.39 is 15.8 Å². The van der Waals surface area contributed by atoms with E-state index in [1.807, 2.05) is 0 Å². The molecule has 0 radical (unpaired) electrons. The highest BCUT2D eigenvalue weighted by atomic mass is 32.2. The maximum Gasteiger partial charge on any atom is 0.225 e. The molecule has 0 fully saturated rings. The molecule has 0 spiro atoms. The van der Waals surface area contributed by atoms with Crippen LogP contribution in [0.5, 0.6) is 0 Å². The summed E-state index contributed by atoms with van der Waals surface area (Å²) in [6.45, 7) is 0.769. The van der Waals surface area contributed by atoms with Gasteiger partial charge in [-0.25, -0.2) is 18.1 Å². The van der Waals surface area contributed by atoms with E-state index in [2.05, 4.69) is 9.71 Å². The first-order chi connectivity index (χ1) is 6.64. The number of rotatable bonds is 5. The summed E-state index contributed by atoms with van der Waals surface area (Å²) in [5, 5.41) is 8.20. The lowest BCUT2D eigenvalue weighted by Gasteiger charge is -2.03. The van der Waals surface area contributed by atoms with Gasteiger partial charge in [0.2, 0.25) is 10.0 Å². The zero-order valence-corrected chi connectivity index (χ0v) is 8.24. The van der Waals surface area contributed by atoms with E-state index in [0.29, 0.717) is 6.54 Å². The van der Waals surface area contributed by atoms with Crippen molar-refractivity contribution in [3.63, 3.8) is 0 Å². The van der Waals surface area contributed by atoms with Gasteiger partial charge in [-0.15, -0.1) is 0 Å². The van der Waals surface area contributed by atoms with E-state index in [4.69, 9.17) is 5.26 Å². The van der Waals surface area contributed by atoms with Crippen molar-refractivity contribution >= 4 is 10.0 Å². The Balaban J connectivity index is 2.32. The lowest BCUT2D eigenvalue weighted by molar-refractivity contribution is 0.576. The lowest BCUT2D eigenvalue weighted by Crippen LogP contribution is -2.28. The Labute approximate surface area is 82.2 Å². The van der Waals surface area contributed by atoms with Crippen molar-refractivity contribution in [1.29, 1.82) is 5.26 Å². The predicted molar refractivity (Wildman–Crippen MR) is 49.6 cm³/mol. The van der Waals surface area contributed by atoms with Crippen LogP contribution in [-0.4, -0.2) is 30.3 Å². The largest absolute Gasteiger partial charge is 0.336 e. The normalized spacial score (nSPS) is 11.1. The number of imidazole rings is 1. The van der Waals surface area contributed by atoms with Crippen LogP contribution in [0.25, 0.3) is 0 Å². The molecule has 1 rings (SSSR count). The molecule has 0 aliphatic heterocycles. The summed E-state index contributed by atoms with van der Waals surface area (Å²) < 4.78 is 26.0. The standard InChI is InChI=1S/C7H10N4O2S/c8-1-6-14(12,13)10-3-5-11-4-2-9-7-11/h2,4,7,10H,3,5-6H2. The fourth-order valence-electron chi connectivity index (χ4n) is 0.885. The van der Waals surface area contributed by atoms with E-state index in [1.54, 1.807) is 29.4 Å². The molecule has 7 heteroatoms. The van der Waals surface area contributed by atoms with E-state index in [0.717, 1.165) is 0 Å². The van der Waals surface area contributed by atoms with Crippen molar-refractivity contribution < 1.29 is 8.42 Å². The summed E-state index contributed by atoms with van der Waals surface area (Å²) >= 11 is 0. The highest BCUT2D eigenvalue weighted by molar-refractivity contribution is 7.89. The van der Waals surface area contributed by atoms with E-state index in [9.17, 15) is 8.42 Å². The summed E-state index contributed by atoms with van der Waals surface area (Å²) in [7, 11) is -3.43. The lowest BCUT2D eigenvalue weighted by atomic mass is 10.6. The van der Waals surface area contributed by atoms with Crippen molar-refractivity contribution in [3.8, 4) is 6.07 Å². The van der Waals surface area contributed by atoms with Crippen LogP contribution >= 0.6 is 0 Å². The maximum absolute atomic E-state index is 11.0. The Morgan fingerprint density at radius 2 is 2.36 bits per heavy atom. The molecule has 0 atom stereocenters. The molecule has 0 amide bonds. The summed E-state index contributed by atoms with van der Waals surface area (Å²) in [4.78, 5) is 3.81. The van der Waals surface area contributed by atoms with E-state index in [-0.39, 0.29) is 6.54 Å². The molecule has 6 nitrogen and oxygen atoms in total. The molecule has 76 valence electrons. The molecule has 0 saturated carbocycles. The smallest absolute Gasteiger partial charge is 0.225 e. The first-order valence-electron chi connectivity index (χ1n) is 3.94. The van der Waals surface area contributed by atoms with Crippen molar-refractivity contribution in [3.05, 3.63) is 18.7 Å². The second kappa shape index (κ2) is 4.74. The first-order valence-corrected chi connectivity index (χ1v) is 5.59. The maximum atomic E-state index is 11.0.